The van der Waals surface area contributed by atoms with Gasteiger partial charge in [-0.3, -0.25) is 0 Å². The van der Waals surface area contributed by atoms with Gasteiger partial charge in [0.05, 0.1) is 0 Å². The summed E-state index contributed by atoms with van der Waals surface area (Å²) in [5.41, 5.74) is 8.51. The lowest BCUT2D eigenvalue weighted by atomic mass is 10.1. The first kappa shape index (κ1) is 11.9. The van der Waals surface area contributed by atoms with Crippen molar-refractivity contribution in [2.45, 2.75) is 6.04 Å². The maximum absolute atomic E-state index is 5.84. The van der Waals surface area contributed by atoms with E-state index in [2.05, 4.69) is 15.5 Å². The van der Waals surface area contributed by atoms with E-state index in [0.29, 0.717) is 18.1 Å². The fraction of sp³-hybridized carbons (Fsp3) is 0.133. The highest BCUT2D eigenvalue weighted by Crippen LogP contribution is 2.35. The fourth-order valence-corrected chi connectivity index (χ4v) is 2.62. The molecule has 4 rings (SSSR count). The van der Waals surface area contributed by atoms with E-state index in [1.165, 1.54) is 0 Å². The molecule has 0 spiro atoms. The third kappa shape index (κ3) is 1.92. The van der Waals surface area contributed by atoms with Crippen LogP contribution in [0.15, 0.2) is 48.5 Å². The molecular formula is C15H13N5O. The second-order valence-corrected chi connectivity index (χ2v) is 4.94. The maximum atomic E-state index is 5.84. The van der Waals surface area contributed by atoms with Crippen LogP contribution in [0.1, 0.15) is 11.6 Å². The van der Waals surface area contributed by atoms with Crippen LogP contribution in [0.3, 0.4) is 0 Å². The average molecular weight is 279 g/mol. The van der Waals surface area contributed by atoms with Crippen LogP contribution in [0, 0.1) is 0 Å². The lowest BCUT2D eigenvalue weighted by Crippen LogP contribution is -2.15. The van der Waals surface area contributed by atoms with Gasteiger partial charge in [-0.25, -0.2) is 4.68 Å². The number of nitrogen functional groups attached to an aromatic ring is 1. The van der Waals surface area contributed by atoms with Gasteiger partial charge >= 0.3 is 0 Å². The number of fused-ring (bicyclic) bond motifs is 1. The minimum absolute atomic E-state index is 0.0207. The molecule has 1 unspecified atom stereocenters. The van der Waals surface area contributed by atoms with Crippen molar-refractivity contribution in [2.75, 3.05) is 12.3 Å². The van der Waals surface area contributed by atoms with E-state index < -0.39 is 0 Å². The maximum Gasteiger partial charge on any atom is 0.182 e. The predicted octanol–water partition coefficient (Wildman–Crippen LogP) is 1.90. The van der Waals surface area contributed by atoms with Gasteiger partial charge in [0.15, 0.2) is 5.82 Å². The van der Waals surface area contributed by atoms with Crippen LogP contribution in [0.5, 0.6) is 5.75 Å². The number of benzene rings is 2. The highest BCUT2D eigenvalue weighted by molar-refractivity contribution is 5.61. The summed E-state index contributed by atoms with van der Waals surface area (Å²) in [5, 5.41) is 12.1. The lowest BCUT2D eigenvalue weighted by Gasteiger charge is -2.11. The molecule has 0 bridgehead atoms. The molecule has 0 saturated heterocycles. The summed E-state index contributed by atoms with van der Waals surface area (Å²) in [6, 6.07) is 15.5. The minimum atomic E-state index is -0.0207. The van der Waals surface area contributed by atoms with Gasteiger partial charge in [-0.2, -0.15) is 0 Å². The quantitative estimate of drug-likeness (QED) is 0.725. The zero-order valence-electron chi connectivity index (χ0n) is 11.2. The predicted molar refractivity (Wildman–Crippen MR) is 77.7 cm³/mol. The van der Waals surface area contributed by atoms with Gasteiger partial charge in [-0.05, 0) is 28.6 Å². The van der Waals surface area contributed by atoms with E-state index >= 15 is 0 Å². The van der Waals surface area contributed by atoms with Crippen molar-refractivity contribution in [2.24, 2.45) is 0 Å². The van der Waals surface area contributed by atoms with Crippen LogP contribution in [0.2, 0.25) is 0 Å². The monoisotopic (exact) mass is 279 g/mol. The van der Waals surface area contributed by atoms with E-state index in [1.807, 2.05) is 48.5 Å². The zero-order chi connectivity index (χ0) is 14.2. The molecule has 0 saturated carbocycles. The summed E-state index contributed by atoms with van der Waals surface area (Å²) >= 11 is 0. The van der Waals surface area contributed by atoms with Gasteiger partial charge in [0.2, 0.25) is 0 Å². The minimum Gasteiger partial charge on any atom is -0.491 e. The number of nitrogens with two attached hydrogens (primary N) is 1. The first-order chi connectivity index (χ1) is 10.3. The second kappa shape index (κ2) is 4.59. The molecule has 6 heteroatoms. The molecule has 0 amide bonds. The summed E-state index contributed by atoms with van der Waals surface area (Å²) in [5.74, 6) is 1.57. The Hall–Kier alpha value is -2.89. The second-order valence-electron chi connectivity index (χ2n) is 4.94. The number of nitrogens with zero attached hydrogens (tertiary/aromatic N) is 4. The molecule has 104 valence electrons. The number of hydrogen-bond acceptors (Lipinski definition) is 5. The van der Waals surface area contributed by atoms with Crippen molar-refractivity contribution < 1.29 is 4.74 Å². The first-order valence-electron chi connectivity index (χ1n) is 6.68. The van der Waals surface area contributed by atoms with Gasteiger partial charge in [0, 0.05) is 16.8 Å². The lowest BCUT2D eigenvalue weighted by molar-refractivity contribution is 0.307. The van der Waals surface area contributed by atoms with Crippen LogP contribution in [-0.4, -0.2) is 26.8 Å². The summed E-state index contributed by atoms with van der Waals surface area (Å²) in [6.07, 6.45) is 0. The molecule has 2 aromatic carbocycles. The van der Waals surface area contributed by atoms with Gasteiger partial charge in [-0.15, -0.1) is 5.10 Å². The zero-order valence-corrected chi connectivity index (χ0v) is 11.2. The van der Waals surface area contributed by atoms with Crippen molar-refractivity contribution in [1.82, 2.24) is 20.2 Å². The van der Waals surface area contributed by atoms with Gasteiger partial charge in [0.1, 0.15) is 18.4 Å². The highest BCUT2D eigenvalue weighted by atomic mass is 16.5. The van der Waals surface area contributed by atoms with Crippen LogP contribution in [0.4, 0.5) is 5.69 Å². The van der Waals surface area contributed by atoms with Crippen LogP contribution < -0.4 is 10.5 Å². The Morgan fingerprint density at radius 3 is 2.95 bits per heavy atom. The van der Waals surface area contributed by atoms with E-state index in [1.54, 1.807) is 4.68 Å². The van der Waals surface area contributed by atoms with Crippen molar-refractivity contribution >= 4 is 5.69 Å². The SMILES string of the molecule is Nc1cccc(-c2nnnn2C2COc3ccccc32)c1. The topological polar surface area (TPSA) is 78.9 Å². The largest absolute Gasteiger partial charge is 0.491 e. The number of aromatic nitrogens is 4. The number of rotatable bonds is 2. The van der Waals surface area contributed by atoms with Gasteiger partial charge < -0.3 is 10.5 Å². The molecule has 1 aliphatic rings. The van der Waals surface area contributed by atoms with Crippen molar-refractivity contribution in [3.63, 3.8) is 0 Å². The Morgan fingerprint density at radius 1 is 1.14 bits per heavy atom. The van der Waals surface area contributed by atoms with Crippen molar-refractivity contribution in [3.05, 3.63) is 54.1 Å². The Bertz CT molecular complexity index is 798. The fourth-order valence-electron chi connectivity index (χ4n) is 2.62. The van der Waals surface area contributed by atoms with Gasteiger partial charge in [0.25, 0.3) is 0 Å². The van der Waals surface area contributed by atoms with E-state index in [4.69, 9.17) is 10.5 Å². The molecule has 21 heavy (non-hydrogen) atoms. The molecule has 6 nitrogen and oxygen atoms in total. The van der Waals surface area contributed by atoms with E-state index in [0.717, 1.165) is 16.9 Å². The molecule has 3 aromatic rings. The number of ether oxygens (including phenoxy) is 1. The molecule has 1 atom stereocenters. The number of hydrogen-bond donors (Lipinski definition) is 1. The first-order valence-corrected chi connectivity index (χ1v) is 6.68. The van der Waals surface area contributed by atoms with E-state index in [-0.39, 0.29) is 6.04 Å². The smallest absolute Gasteiger partial charge is 0.182 e. The van der Waals surface area contributed by atoms with Crippen molar-refractivity contribution in [3.8, 4) is 17.1 Å². The molecule has 1 aromatic heterocycles. The molecule has 2 N–H and O–H groups in total. The molecule has 0 aliphatic carbocycles. The van der Waals surface area contributed by atoms with Crippen molar-refractivity contribution in [1.29, 1.82) is 0 Å². The molecule has 0 fully saturated rings. The Kier molecular flexibility index (Phi) is 2.60. The molecule has 1 aliphatic heterocycles. The molecule has 2 heterocycles. The number of anilines is 1. The Labute approximate surface area is 121 Å². The Balaban J connectivity index is 1.80. The molecular weight excluding hydrogens is 266 g/mol. The van der Waals surface area contributed by atoms with Crippen LogP contribution in [-0.2, 0) is 0 Å². The third-order valence-electron chi connectivity index (χ3n) is 3.61. The molecule has 0 radical (unpaired) electrons. The van der Waals surface area contributed by atoms with Crippen LogP contribution >= 0.6 is 0 Å². The highest BCUT2D eigenvalue weighted by Gasteiger charge is 2.28. The summed E-state index contributed by atoms with van der Waals surface area (Å²) in [7, 11) is 0. The standard InChI is InChI=1S/C15H13N5O/c16-11-5-3-4-10(8-11)15-17-18-19-20(15)13-9-21-14-7-2-1-6-12(13)14/h1-8,13H,9,16H2. The Morgan fingerprint density at radius 2 is 2.05 bits per heavy atom. The summed E-state index contributed by atoms with van der Waals surface area (Å²) in [6.45, 7) is 0.527. The summed E-state index contributed by atoms with van der Waals surface area (Å²) in [4.78, 5) is 0. The average Bonchev–Trinajstić information content (AvgIpc) is 3.13. The normalized spacial score (nSPS) is 16.5. The van der Waals surface area contributed by atoms with Crippen LogP contribution in [0.25, 0.3) is 11.4 Å². The number of tetrazole rings is 1. The summed E-state index contributed by atoms with van der Waals surface area (Å²) < 4.78 is 7.50. The van der Waals surface area contributed by atoms with Gasteiger partial charge in [-0.1, -0.05) is 30.3 Å². The number of para-hydroxylation sites is 1. The van der Waals surface area contributed by atoms with E-state index in [9.17, 15) is 0 Å². The third-order valence-corrected chi connectivity index (χ3v) is 3.61.